The number of nitrogens with zero attached hydrogens (tertiary/aromatic N) is 5. The average molecular weight is 696 g/mol. The Morgan fingerprint density at radius 3 is 2.65 bits per heavy atom. The lowest BCUT2D eigenvalue weighted by Gasteiger charge is -2.47. The first-order valence-corrected chi connectivity index (χ1v) is 16.5. The molecular formula is C32H32ClF6N7O2. The molecule has 4 saturated heterocycles. The van der Waals surface area contributed by atoms with Crippen LogP contribution in [0.3, 0.4) is 0 Å². The topological polar surface area (TPSA) is 102 Å². The fourth-order valence-electron chi connectivity index (χ4n) is 9.21. The molecular weight excluding hydrogens is 664 g/mol. The predicted octanol–water partition coefficient (Wildman–Crippen LogP) is 5.74. The van der Waals surface area contributed by atoms with Crippen LogP contribution in [0, 0.1) is 18.2 Å². The number of piperazine rings is 1. The van der Waals surface area contributed by atoms with Crippen molar-refractivity contribution < 1.29 is 35.8 Å². The fraction of sp³-hybridized carbons (Fsp3) is 0.594. The summed E-state index contributed by atoms with van der Waals surface area (Å²) in [6, 6.07) is 0.688. The molecule has 1 spiro atoms. The van der Waals surface area contributed by atoms with Crippen molar-refractivity contribution in [2.75, 3.05) is 36.9 Å². The molecule has 1 aliphatic carbocycles. The van der Waals surface area contributed by atoms with Crippen molar-refractivity contribution in [1.82, 2.24) is 25.2 Å². The number of alkyl halides is 5. The van der Waals surface area contributed by atoms with Gasteiger partial charge in [0.2, 0.25) is 0 Å². The Morgan fingerprint density at radius 2 is 1.96 bits per heavy atom. The SMILES string of the molecule is Cc1cc(N)nc(-c2c(Cl)c3c4c(nc(OCC56CCN5C[C@]5(C6)CC5(F)F)nc4c2F)N2C[C@H]4CC[C@H](N4)[C@H]2[C@H](C)O3)c1C(F)(F)F. The zero-order valence-corrected chi connectivity index (χ0v) is 26.8. The number of nitrogens with one attached hydrogen (secondary N) is 1. The van der Waals surface area contributed by atoms with Crippen LogP contribution in [0.4, 0.5) is 38.0 Å². The molecule has 3 N–H and O–H groups in total. The highest BCUT2D eigenvalue weighted by atomic mass is 35.5. The second kappa shape index (κ2) is 9.69. The number of benzene rings is 1. The quantitative estimate of drug-likeness (QED) is 0.331. The van der Waals surface area contributed by atoms with Gasteiger partial charge in [-0.05, 0) is 51.2 Å². The molecule has 256 valence electrons. The molecule has 5 fully saturated rings. The largest absolute Gasteiger partial charge is 0.486 e. The molecule has 3 aromatic rings. The number of rotatable bonds is 4. The van der Waals surface area contributed by atoms with E-state index in [4.69, 9.17) is 31.8 Å². The molecule has 7 heterocycles. The maximum atomic E-state index is 17.0. The standard InChI is InChI=1S/C32H32ClF6N7O2/c1-13-7-17(40)42-23(20(13)32(37,38)39)18-21(33)26-19-24(22(18)34)43-28(47-12-30-5-6-45(30)11-29(9-30)10-31(29,35)36)44-27(19)46-8-15-3-4-16(41-15)25(46)14(2)48-26/h7,14-16,25,41H,3-6,8-12H2,1-2H3,(H2,40,42)/t14-,15+,16-,25+,29-,30?/m0/s1. The van der Waals surface area contributed by atoms with Gasteiger partial charge in [-0.2, -0.15) is 23.1 Å². The van der Waals surface area contributed by atoms with E-state index in [1.165, 1.54) is 6.92 Å². The summed E-state index contributed by atoms with van der Waals surface area (Å²) in [6.07, 6.45) is -2.95. The second-order valence-electron chi connectivity index (χ2n) is 14.5. The number of pyridine rings is 1. The minimum Gasteiger partial charge on any atom is -0.486 e. The van der Waals surface area contributed by atoms with Crippen LogP contribution in [0.25, 0.3) is 22.2 Å². The van der Waals surface area contributed by atoms with E-state index in [1.807, 2.05) is 16.7 Å². The monoisotopic (exact) mass is 695 g/mol. The highest BCUT2D eigenvalue weighted by Gasteiger charge is 2.78. The van der Waals surface area contributed by atoms with Crippen LogP contribution in [0.1, 0.15) is 50.2 Å². The number of aromatic nitrogens is 3. The second-order valence-corrected chi connectivity index (χ2v) is 14.9. The molecule has 5 aliphatic heterocycles. The van der Waals surface area contributed by atoms with Gasteiger partial charge in [-0.15, -0.1) is 0 Å². The van der Waals surface area contributed by atoms with Gasteiger partial charge in [-0.1, -0.05) is 11.6 Å². The van der Waals surface area contributed by atoms with Gasteiger partial charge in [0.15, 0.2) is 11.6 Å². The van der Waals surface area contributed by atoms with Crippen molar-refractivity contribution in [3.63, 3.8) is 0 Å². The number of ether oxygens (including phenoxy) is 2. The number of fused-ring (bicyclic) bond motifs is 6. The van der Waals surface area contributed by atoms with Gasteiger partial charge in [-0.3, -0.25) is 4.90 Å². The Balaban J connectivity index is 1.23. The van der Waals surface area contributed by atoms with Crippen LogP contribution in [-0.2, 0) is 6.18 Å². The Hall–Kier alpha value is -3.30. The first-order valence-electron chi connectivity index (χ1n) is 16.1. The smallest absolute Gasteiger partial charge is 0.418 e. The maximum Gasteiger partial charge on any atom is 0.418 e. The molecule has 1 aromatic carbocycles. The minimum absolute atomic E-state index is 0.00193. The highest BCUT2D eigenvalue weighted by Crippen LogP contribution is 2.70. The number of nitrogen functional groups attached to an aromatic ring is 1. The van der Waals surface area contributed by atoms with Gasteiger partial charge in [0.05, 0.1) is 44.2 Å². The molecule has 9 rings (SSSR count). The lowest BCUT2D eigenvalue weighted by Crippen LogP contribution is -2.62. The summed E-state index contributed by atoms with van der Waals surface area (Å²) >= 11 is 6.86. The van der Waals surface area contributed by atoms with E-state index in [0.29, 0.717) is 19.5 Å². The van der Waals surface area contributed by atoms with Gasteiger partial charge in [0.25, 0.3) is 5.92 Å². The molecule has 48 heavy (non-hydrogen) atoms. The predicted molar refractivity (Wildman–Crippen MR) is 164 cm³/mol. The third kappa shape index (κ3) is 4.15. The third-order valence-electron chi connectivity index (χ3n) is 11.6. The molecule has 1 saturated carbocycles. The Labute approximate surface area is 276 Å². The van der Waals surface area contributed by atoms with E-state index >= 15 is 4.39 Å². The van der Waals surface area contributed by atoms with Gasteiger partial charge in [-0.25, -0.2) is 18.2 Å². The Kier molecular flexibility index (Phi) is 6.20. The summed E-state index contributed by atoms with van der Waals surface area (Å²) in [6.45, 7) is 4.50. The molecule has 6 aliphatic rings. The molecule has 1 unspecified atom stereocenters. The first kappa shape index (κ1) is 30.7. The fourth-order valence-corrected chi connectivity index (χ4v) is 9.52. The van der Waals surface area contributed by atoms with Crippen molar-refractivity contribution in [3.05, 3.63) is 28.0 Å². The molecule has 0 radical (unpaired) electrons. The molecule has 9 nitrogen and oxygen atoms in total. The first-order chi connectivity index (χ1) is 22.6. The lowest BCUT2D eigenvalue weighted by atomic mass is 9.83. The zero-order valence-electron chi connectivity index (χ0n) is 26.0. The van der Waals surface area contributed by atoms with Gasteiger partial charge < -0.3 is 25.4 Å². The summed E-state index contributed by atoms with van der Waals surface area (Å²) in [5, 5.41) is 3.31. The van der Waals surface area contributed by atoms with E-state index in [-0.39, 0.29) is 84.0 Å². The van der Waals surface area contributed by atoms with Crippen LogP contribution in [-0.4, -0.2) is 81.8 Å². The van der Waals surface area contributed by atoms with E-state index in [0.717, 1.165) is 18.9 Å². The third-order valence-corrected chi connectivity index (χ3v) is 11.9. The van der Waals surface area contributed by atoms with Gasteiger partial charge in [0, 0.05) is 38.1 Å². The van der Waals surface area contributed by atoms with Crippen molar-refractivity contribution in [2.24, 2.45) is 5.41 Å². The summed E-state index contributed by atoms with van der Waals surface area (Å²) in [5.74, 6) is -3.90. The van der Waals surface area contributed by atoms with Crippen molar-refractivity contribution in [3.8, 4) is 23.0 Å². The van der Waals surface area contributed by atoms with Crippen LogP contribution in [0.2, 0.25) is 5.02 Å². The van der Waals surface area contributed by atoms with Crippen molar-refractivity contribution in [1.29, 1.82) is 0 Å². The normalized spacial score (nSPS) is 32.9. The van der Waals surface area contributed by atoms with Crippen LogP contribution >= 0.6 is 11.6 Å². The number of halogens is 7. The van der Waals surface area contributed by atoms with Crippen molar-refractivity contribution in [2.45, 2.75) is 87.8 Å². The van der Waals surface area contributed by atoms with Crippen LogP contribution in [0.15, 0.2) is 6.07 Å². The molecule has 6 atom stereocenters. The number of aryl methyl sites for hydroxylation is 1. The number of hydrogen-bond acceptors (Lipinski definition) is 9. The summed E-state index contributed by atoms with van der Waals surface area (Å²) in [7, 11) is 0. The summed E-state index contributed by atoms with van der Waals surface area (Å²) in [4.78, 5) is 17.2. The molecule has 0 amide bonds. The van der Waals surface area contributed by atoms with E-state index in [9.17, 15) is 22.0 Å². The lowest BCUT2D eigenvalue weighted by molar-refractivity contribution is -0.137. The van der Waals surface area contributed by atoms with E-state index in [1.54, 1.807) is 0 Å². The average Bonchev–Trinajstić information content (AvgIpc) is 3.25. The summed E-state index contributed by atoms with van der Waals surface area (Å²) < 4.78 is 102. The maximum absolute atomic E-state index is 17.0. The van der Waals surface area contributed by atoms with E-state index in [2.05, 4.69) is 15.3 Å². The van der Waals surface area contributed by atoms with E-state index < -0.39 is 56.8 Å². The van der Waals surface area contributed by atoms with Crippen LogP contribution in [0.5, 0.6) is 11.8 Å². The zero-order chi connectivity index (χ0) is 33.7. The summed E-state index contributed by atoms with van der Waals surface area (Å²) in [5.41, 5.74) is 0.979. The van der Waals surface area contributed by atoms with Gasteiger partial charge >= 0.3 is 12.2 Å². The number of anilines is 2. The Morgan fingerprint density at radius 1 is 1.19 bits per heavy atom. The van der Waals surface area contributed by atoms with Crippen molar-refractivity contribution >= 4 is 34.1 Å². The molecule has 2 bridgehead atoms. The van der Waals surface area contributed by atoms with Crippen LogP contribution < -0.4 is 25.4 Å². The Bertz CT molecular complexity index is 1910. The molecule has 16 heteroatoms. The molecule has 2 aromatic heterocycles. The van der Waals surface area contributed by atoms with Gasteiger partial charge in [0.1, 0.15) is 29.9 Å². The minimum atomic E-state index is -4.92. The number of hydrogen-bond donors (Lipinski definition) is 2. The number of nitrogens with two attached hydrogens (primary N) is 1. The highest BCUT2D eigenvalue weighted by molar-refractivity contribution is 6.36.